The second-order valence-corrected chi connectivity index (χ2v) is 5.62. The Hall–Kier alpha value is -0.410. The quantitative estimate of drug-likeness (QED) is 0.790. The Morgan fingerprint density at radius 2 is 2.31 bits per heavy atom. The molecule has 1 heterocycles. The highest BCUT2D eigenvalue weighted by atomic mass is 32.1. The largest absolute Gasteiger partial charge is 0.388 e. The molecule has 72 valence electrons. The Balaban J connectivity index is 2.16. The third kappa shape index (κ3) is 1.63. The zero-order chi connectivity index (χ0) is 9.64. The third-order valence-corrected chi connectivity index (χ3v) is 4.05. The van der Waals surface area contributed by atoms with Gasteiger partial charge in [0.1, 0.15) is 0 Å². The van der Waals surface area contributed by atoms with Crippen LogP contribution >= 0.6 is 11.3 Å². The first-order chi connectivity index (χ1) is 6.00. The molecule has 2 nitrogen and oxygen atoms in total. The summed E-state index contributed by atoms with van der Waals surface area (Å²) < 4.78 is 0. The molecule has 1 aliphatic carbocycles. The van der Waals surface area contributed by atoms with Gasteiger partial charge < -0.3 is 5.11 Å². The molecule has 0 radical (unpaired) electrons. The van der Waals surface area contributed by atoms with E-state index in [0.29, 0.717) is 11.3 Å². The van der Waals surface area contributed by atoms with Crippen LogP contribution in [0.15, 0.2) is 6.20 Å². The summed E-state index contributed by atoms with van der Waals surface area (Å²) in [6, 6.07) is 0. The highest BCUT2D eigenvalue weighted by Gasteiger charge is 2.48. The molecule has 2 atom stereocenters. The zero-order valence-corrected chi connectivity index (χ0v) is 9.06. The molecule has 1 aromatic heterocycles. The number of aliphatic hydroxyl groups is 1. The number of hydrogen-bond acceptors (Lipinski definition) is 3. The number of rotatable bonds is 2. The van der Waals surface area contributed by atoms with Gasteiger partial charge in [0, 0.05) is 12.1 Å². The minimum Gasteiger partial charge on any atom is -0.388 e. The molecule has 0 amide bonds. The number of hydrogen-bond donors (Lipinski definition) is 1. The van der Waals surface area contributed by atoms with Crippen molar-refractivity contribution in [1.29, 1.82) is 0 Å². The molecule has 0 aliphatic heterocycles. The molecule has 1 N–H and O–H groups in total. The summed E-state index contributed by atoms with van der Waals surface area (Å²) in [5, 5.41) is 10.5. The van der Waals surface area contributed by atoms with E-state index in [-0.39, 0.29) is 6.10 Å². The number of thiazole rings is 1. The van der Waals surface area contributed by atoms with Gasteiger partial charge in [0.15, 0.2) is 0 Å². The molecule has 13 heavy (non-hydrogen) atoms. The van der Waals surface area contributed by atoms with Crippen LogP contribution in [0.3, 0.4) is 0 Å². The van der Waals surface area contributed by atoms with Crippen molar-refractivity contribution in [2.75, 3.05) is 0 Å². The summed E-state index contributed by atoms with van der Waals surface area (Å²) in [7, 11) is 0. The van der Waals surface area contributed by atoms with Gasteiger partial charge in [0.2, 0.25) is 0 Å². The molecule has 3 heteroatoms. The van der Waals surface area contributed by atoms with Crippen molar-refractivity contribution in [2.24, 2.45) is 5.41 Å². The SMILES string of the molecule is CC(O)c1cnc(C2CC2(C)C)s1. The van der Waals surface area contributed by atoms with E-state index in [2.05, 4.69) is 18.8 Å². The molecule has 2 unspecified atom stereocenters. The molecule has 0 saturated heterocycles. The Bertz CT molecular complexity index is 316. The molecule has 1 aromatic rings. The van der Waals surface area contributed by atoms with Crippen LogP contribution in [0, 0.1) is 5.41 Å². The first-order valence-electron chi connectivity index (χ1n) is 4.64. The van der Waals surface area contributed by atoms with Gasteiger partial charge in [-0.15, -0.1) is 11.3 Å². The van der Waals surface area contributed by atoms with Crippen LogP contribution in [0.2, 0.25) is 0 Å². The van der Waals surface area contributed by atoms with E-state index in [1.807, 2.05) is 0 Å². The summed E-state index contributed by atoms with van der Waals surface area (Å²) in [4.78, 5) is 5.34. The van der Waals surface area contributed by atoms with Crippen molar-refractivity contribution in [1.82, 2.24) is 4.98 Å². The van der Waals surface area contributed by atoms with E-state index >= 15 is 0 Å². The fourth-order valence-corrected chi connectivity index (χ4v) is 2.71. The van der Waals surface area contributed by atoms with Crippen LogP contribution in [0.25, 0.3) is 0 Å². The predicted octanol–water partition coefficient (Wildman–Crippen LogP) is 2.71. The van der Waals surface area contributed by atoms with Crippen LogP contribution in [-0.2, 0) is 0 Å². The molecular weight excluding hydrogens is 182 g/mol. The predicted molar refractivity (Wildman–Crippen MR) is 53.9 cm³/mol. The lowest BCUT2D eigenvalue weighted by Crippen LogP contribution is -1.87. The summed E-state index contributed by atoms with van der Waals surface area (Å²) in [6.45, 7) is 6.32. The van der Waals surface area contributed by atoms with Gasteiger partial charge in [0.25, 0.3) is 0 Å². The van der Waals surface area contributed by atoms with Crippen LogP contribution in [0.4, 0.5) is 0 Å². The van der Waals surface area contributed by atoms with E-state index in [9.17, 15) is 5.11 Å². The maximum atomic E-state index is 9.34. The van der Waals surface area contributed by atoms with Crippen molar-refractivity contribution < 1.29 is 5.11 Å². The highest BCUT2D eigenvalue weighted by molar-refractivity contribution is 7.11. The summed E-state index contributed by atoms with van der Waals surface area (Å²) in [5.74, 6) is 0.630. The lowest BCUT2D eigenvalue weighted by atomic mass is 10.1. The maximum Gasteiger partial charge on any atom is 0.0965 e. The van der Waals surface area contributed by atoms with Crippen LogP contribution in [0.5, 0.6) is 0 Å². The molecule has 2 rings (SSSR count). The fourth-order valence-electron chi connectivity index (χ4n) is 1.54. The second-order valence-electron chi connectivity index (χ2n) is 4.52. The Morgan fingerprint density at radius 1 is 1.69 bits per heavy atom. The van der Waals surface area contributed by atoms with E-state index in [0.717, 1.165) is 4.88 Å². The number of aromatic nitrogens is 1. The maximum absolute atomic E-state index is 9.34. The molecular formula is C10H15NOS. The van der Waals surface area contributed by atoms with Gasteiger partial charge in [-0.05, 0) is 18.8 Å². The lowest BCUT2D eigenvalue weighted by molar-refractivity contribution is 0.203. The van der Waals surface area contributed by atoms with E-state index in [1.165, 1.54) is 11.4 Å². The molecule has 0 bridgehead atoms. The van der Waals surface area contributed by atoms with Gasteiger partial charge >= 0.3 is 0 Å². The van der Waals surface area contributed by atoms with Crippen LogP contribution < -0.4 is 0 Å². The van der Waals surface area contributed by atoms with Crippen LogP contribution in [0.1, 0.15) is 49.1 Å². The minimum absolute atomic E-state index is 0.367. The average molecular weight is 197 g/mol. The van der Waals surface area contributed by atoms with E-state index < -0.39 is 0 Å². The third-order valence-electron chi connectivity index (χ3n) is 2.76. The smallest absolute Gasteiger partial charge is 0.0965 e. The Labute approximate surface area is 82.6 Å². The summed E-state index contributed by atoms with van der Waals surface area (Å²) in [6.07, 6.45) is 2.67. The van der Waals surface area contributed by atoms with Gasteiger partial charge in [-0.2, -0.15) is 0 Å². The number of nitrogens with zero attached hydrogens (tertiary/aromatic N) is 1. The topological polar surface area (TPSA) is 33.1 Å². The molecule has 0 aromatic carbocycles. The highest BCUT2D eigenvalue weighted by Crippen LogP contribution is 2.59. The molecule has 1 saturated carbocycles. The van der Waals surface area contributed by atoms with E-state index in [4.69, 9.17) is 0 Å². The van der Waals surface area contributed by atoms with Gasteiger partial charge in [-0.25, -0.2) is 4.98 Å². The van der Waals surface area contributed by atoms with Crippen molar-refractivity contribution in [3.05, 3.63) is 16.1 Å². The normalized spacial score (nSPS) is 27.2. The van der Waals surface area contributed by atoms with Crippen molar-refractivity contribution in [2.45, 2.75) is 39.2 Å². The van der Waals surface area contributed by atoms with Crippen molar-refractivity contribution in [3.63, 3.8) is 0 Å². The minimum atomic E-state index is -0.367. The first kappa shape index (κ1) is 9.16. The molecule has 1 fully saturated rings. The second kappa shape index (κ2) is 2.79. The number of aliphatic hydroxyl groups excluding tert-OH is 1. The summed E-state index contributed by atoms with van der Waals surface area (Å²) in [5.41, 5.74) is 0.438. The molecule has 1 aliphatic rings. The average Bonchev–Trinajstić information content (AvgIpc) is 2.50. The Morgan fingerprint density at radius 3 is 2.69 bits per heavy atom. The van der Waals surface area contributed by atoms with Crippen molar-refractivity contribution in [3.8, 4) is 0 Å². The monoisotopic (exact) mass is 197 g/mol. The first-order valence-corrected chi connectivity index (χ1v) is 5.46. The van der Waals surface area contributed by atoms with Crippen molar-refractivity contribution >= 4 is 11.3 Å². The van der Waals surface area contributed by atoms with Crippen LogP contribution in [-0.4, -0.2) is 10.1 Å². The fraction of sp³-hybridized carbons (Fsp3) is 0.700. The Kier molecular flexibility index (Phi) is 1.96. The summed E-state index contributed by atoms with van der Waals surface area (Å²) >= 11 is 1.65. The van der Waals surface area contributed by atoms with Gasteiger partial charge in [-0.3, -0.25) is 0 Å². The van der Waals surface area contributed by atoms with E-state index in [1.54, 1.807) is 24.5 Å². The van der Waals surface area contributed by atoms with Gasteiger partial charge in [0.05, 0.1) is 16.0 Å². The lowest BCUT2D eigenvalue weighted by Gasteiger charge is -1.98. The zero-order valence-electron chi connectivity index (χ0n) is 8.24. The standard InChI is InChI=1S/C10H15NOS/c1-6(12)8-5-11-9(13-8)7-4-10(7,2)3/h5-7,12H,4H2,1-3H3. The van der Waals surface area contributed by atoms with Gasteiger partial charge in [-0.1, -0.05) is 13.8 Å². The molecule has 0 spiro atoms.